The van der Waals surface area contributed by atoms with Gasteiger partial charge in [0.05, 0.1) is 5.56 Å². The standard InChI is InChI=1S/C19H17BrN4O3/c1-12-6-8-13(9-7-12)16-23-19(27-24-16)18(26)22-11-10-21-17(25)14-4-2-3-5-15(14)20/h2-9H,10-11H2,1H3,(H,21,25)(H,22,26). The molecule has 0 aliphatic heterocycles. The van der Waals surface area contributed by atoms with Crippen LogP contribution in [0.2, 0.25) is 0 Å². The van der Waals surface area contributed by atoms with Crippen LogP contribution in [0.5, 0.6) is 0 Å². The Balaban J connectivity index is 1.49. The molecule has 2 aromatic carbocycles. The van der Waals surface area contributed by atoms with Crippen molar-refractivity contribution in [3.05, 3.63) is 70.0 Å². The van der Waals surface area contributed by atoms with Crippen molar-refractivity contribution >= 4 is 27.7 Å². The lowest BCUT2D eigenvalue weighted by Crippen LogP contribution is -2.34. The highest BCUT2D eigenvalue weighted by atomic mass is 79.9. The molecule has 1 aromatic heterocycles. The number of hydrogen-bond donors (Lipinski definition) is 2. The van der Waals surface area contributed by atoms with E-state index in [9.17, 15) is 9.59 Å². The van der Waals surface area contributed by atoms with Gasteiger partial charge in [-0.25, -0.2) is 0 Å². The first-order valence-electron chi connectivity index (χ1n) is 8.26. The van der Waals surface area contributed by atoms with Crippen LogP contribution < -0.4 is 10.6 Å². The number of nitrogens with zero attached hydrogens (tertiary/aromatic N) is 2. The van der Waals surface area contributed by atoms with Crippen molar-refractivity contribution in [3.63, 3.8) is 0 Å². The van der Waals surface area contributed by atoms with E-state index in [4.69, 9.17) is 4.52 Å². The Morgan fingerprint density at radius 1 is 1.00 bits per heavy atom. The molecule has 0 saturated carbocycles. The van der Waals surface area contributed by atoms with Gasteiger partial charge in [0.25, 0.3) is 5.91 Å². The van der Waals surface area contributed by atoms with Crippen molar-refractivity contribution in [2.24, 2.45) is 0 Å². The van der Waals surface area contributed by atoms with Gasteiger partial charge in [0, 0.05) is 23.1 Å². The van der Waals surface area contributed by atoms with E-state index in [-0.39, 0.29) is 24.9 Å². The average Bonchev–Trinajstić information content (AvgIpc) is 3.16. The van der Waals surface area contributed by atoms with Crippen molar-refractivity contribution in [2.45, 2.75) is 6.92 Å². The fraction of sp³-hybridized carbons (Fsp3) is 0.158. The van der Waals surface area contributed by atoms with E-state index in [1.165, 1.54) is 0 Å². The minimum absolute atomic E-state index is 0.122. The first kappa shape index (κ1) is 18.8. The Morgan fingerprint density at radius 2 is 1.67 bits per heavy atom. The zero-order valence-electron chi connectivity index (χ0n) is 14.5. The SMILES string of the molecule is Cc1ccc(-c2noc(C(=O)NCCNC(=O)c3ccccc3Br)n2)cc1. The molecule has 0 spiro atoms. The maximum atomic E-state index is 12.1. The largest absolute Gasteiger partial charge is 0.350 e. The molecule has 8 heteroatoms. The van der Waals surface area contributed by atoms with Gasteiger partial charge >= 0.3 is 11.8 Å². The lowest BCUT2D eigenvalue weighted by atomic mass is 10.1. The van der Waals surface area contributed by atoms with Gasteiger partial charge in [-0.3, -0.25) is 9.59 Å². The molecule has 3 aromatic rings. The van der Waals surface area contributed by atoms with E-state index in [0.29, 0.717) is 15.9 Å². The Kier molecular flexibility index (Phi) is 5.97. The lowest BCUT2D eigenvalue weighted by Gasteiger charge is -2.07. The molecule has 0 bridgehead atoms. The normalized spacial score (nSPS) is 10.4. The molecular formula is C19H17BrN4O3. The van der Waals surface area contributed by atoms with Crippen LogP contribution in [0.3, 0.4) is 0 Å². The third-order valence-electron chi connectivity index (χ3n) is 3.74. The number of aromatic nitrogens is 2. The molecule has 0 aliphatic rings. The number of hydrogen-bond acceptors (Lipinski definition) is 5. The first-order chi connectivity index (χ1) is 13.0. The van der Waals surface area contributed by atoms with E-state index in [2.05, 4.69) is 36.7 Å². The zero-order valence-corrected chi connectivity index (χ0v) is 16.1. The highest BCUT2D eigenvalue weighted by Crippen LogP contribution is 2.16. The van der Waals surface area contributed by atoms with Crippen LogP contribution in [0.25, 0.3) is 11.4 Å². The van der Waals surface area contributed by atoms with Gasteiger partial charge in [0.15, 0.2) is 0 Å². The predicted octanol–water partition coefficient (Wildman–Crippen LogP) is 2.97. The second-order valence-corrected chi connectivity index (χ2v) is 6.64. The molecule has 7 nitrogen and oxygen atoms in total. The van der Waals surface area contributed by atoms with E-state index in [1.807, 2.05) is 37.3 Å². The fourth-order valence-electron chi connectivity index (χ4n) is 2.30. The average molecular weight is 429 g/mol. The summed E-state index contributed by atoms with van der Waals surface area (Å²) in [7, 11) is 0. The summed E-state index contributed by atoms with van der Waals surface area (Å²) < 4.78 is 5.72. The van der Waals surface area contributed by atoms with Crippen molar-refractivity contribution in [1.29, 1.82) is 0 Å². The summed E-state index contributed by atoms with van der Waals surface area (Å²) >= 11 is 3.33. The number of amides is 2. The van der Waals surface area contributed by atoms with Crippen LogP contribution in [0, 0.1) is 6.92 Å². The number of halogens is 1. The maximum Gasteiger partial charge on any atom is 0.316 e. The minimum Gasteiger partial charge on any atom is -0.350 e. The summed E-state index contributed by atoms with van der Waals surface area (Å²) in [6, 6.07) is 14.7. The summed E-state index contributed by atoms with van der Waals surface area (Å²) in [5.74, 6) is -0.489. The van der Waals surface area contributed by atoms with E-state index < -0.39 is 5.91 Å². The number of carbonyl (C=O) groups is 2. The molecule has 0 aliphatic carbocycles. The van der Waals surface area contributed by atoms with E-state index in [1.54, 1.807) is 18.2 Å². The molecule has 0 saturated heterocycles. The molecule has 2 amide bonds. The molecule has 27 heavy (non-hydrogen) atoms. The Morgan fingerprint density at radius 3 is 2.37 bits per heavy atom. The van der Waals surface area contributed by atoms with E-state index in [0.717, 1.165) is 11.1 Å². The Hall–Kier alpha value is -3.00. The number of nitrogens with one attached hydrogen (secondary N) is 2. The van der Waals surface area contributed by atoms with Crippen molar-refractivity contribution in [3.8, 4) is 11.4 Å². The van der Waals surface area contributed by atoms with Crippen LogP contribution >= 0.6 is 15.9 Å². The molecule has 0 radical (unpaired) electrons. The van der Waals surface area contributed by atoms with Gasteiger partial charge in [0.2, 0.25) is 5.82 Å². The van der Waals surface area contributed by atoms with Gasteiger partial charge in [-0.15, -0.1) is 0 Å². The van der Waals surface area contributed by atoms with Crippen LogP contribution in [0.4, 0.5) is 0 Å². The number of aryl methyl sites for hydroxylation is 1. The van der Waals surface area contributed by atoms with Crippen LogP contribution in [-0.4, -0.2) is 35.0 Å². The Bertz CT molecular complexity index is 954. The quantitative estimate of drug-likeness (QED) is 0.588. The zero-order chi connectivity index (χ0) is 19.2. The molecule has 0 atom stereocenters. The van der Waals surface area contributed by atoms with Crippen molar-refractivity contribution in [2.75, 3.05) is 13.1 Å². The highest BCUT2D eigenvalue weighted by Gasteiger charge is 2.16. The van der Waals surface area contributed by atoms with E-state index >= 15 is 0 Å². The van der Waals surface area contributed by atoms with Gasteiger partial charge in [0.1, 0.15) is 0 Å². The van der Waals surface area contributed by atoms with Gasteiger partial charge in [-0.05, 0) is 35.0 Å². The predicted molar refractivity (Wildman–Crippen MR) is 103 cm³/mol. The number of carbonyl (C=O) groups excluding carboxylic acids is 2. The fourth-order valence-corrected chi connectivity index (χ4v) is 2.77. The van der Waals surface area contributed by atoms with Crippen LogP contribution in [-0.2, 0) is 0 Å². The van der Waals surface area contributed by atoms with Crippen LogP contribution in [0.1, 0.15) is 26.6 Å². The molecule has 2 N–H and O–H groups in total. The second kappa shape index (κ2) is 8.59. The smallest absolute Gasteiger partial charge is 0.316 e. The third-order valence-corrected chi connectivity index (χ3v) is 4.44. The minimum atomic E-state index is -0.490. The Labute approximate surface area is 164 Å². The van der Waals surface area contributed by atoms with Gasteiger partial charge < -0.3 is 15.2 Å². The van der Waals surface area contributed by atoms with Gasteiger partial charge in [-0.1, -0.05) is 47.1 Å². The highest BCUT2D eigenvalue weighted by molar-refractivity contribution is 9.10. The maximum absolute atomic E-state index is 12.1. The number of rotatable bonds is 6. The molecule has 1 heterocycles. The summed E-state index contributed by atoms with van der Waals surface area (Å²) in [6.07, 6.45) is 0. The second-order valence-electron chi connectivity index (χ2n) is 5.78. The molecule has 138 valence electrons. The third kappa shape index (κ3) is 4.79. The summed E-state index contributed by atoms with van der Waals surface area (Å²) in [6.45, 7) is 2.48. The van der Waals surface area contributed by atoms with Crippen molar-refractivity contribution in [1.82, 2.24) is 20.8 Å². The monoisotopic (exact) mass is 428 g/mol. The van der Waals surface area contributed by atoms with Crippen molar-refractivity contribution < 1.29 is 14.1 Å². The lowest BCUT2D eigenvalue weighted by molar-refractivity contribution is 0.0898. The topological polar surface area (TPSA) is 97.1 Å². The van der Waals surface area contributed by atoms with Gasteiger partial charge in [-0.2, -0.15) is 4.98 Å². The van der Waals surface area contributed by atoms with Crippen LogP contribution in [0.15, 0.2) is 57.5 Å². The molecule has 3 rings (SSSR count). The summed E-state index contributed by atoms with van der Waals surface area (Å²) in [4.78, 5) is 28.3. The summed E-state index contributed by atoms with van der Waals surface area (Å²) in [5.41, 5.74) is 2.41. The molecular weight excluding hydrogens is 412 g/mol. The first-order valence-corrected chi connectivity index (χ1v) is 9.05. The molecule has 0 fully saturated rings. The summed E-state index contributed by atoms with van der Waals surface area (Å²) in [5, 5.41) is 9.19. The molecule has 0 unspecified atom stereocenters. The number of benzene rings is 2.